The van der Waals surface area contributed by atoms with Crippen LogP contribution in [0.25, 0.3) is 0 Å². The summed E-state index contributed by atoms with van der Waals surface area (Å²) >= 11 is 0. The normalized spacial score (nSPS) is 15.2. The van der Waals surface area contributed by atoms with Crippen molar-refractivity contribution in [2.75, 3.05) is 6.61 Å². The van der Waals surface area contributed by atoms with Gasteiger partial charge in [-0.15, -0.1) is 5.92 Å². The molecule has 0 aliphatic carbocycles. The third-order valence-electron chi connectivity index (χ3n) is 1.25. The van der Waals surface area contributed by atoms with Crippen molar-refractivity contribution in [2.45, 2.75) is 26.4 Å². The van der Waals surface area contributed by atoms with Crippen LogP contribution in [-0.2, 0) is 0 Å². The SMILES string of the molecule is CCC#CC(O)C(C)CO. The van der Waals surface area contributed by atoms with Gasteiger partial charge in [-0.2, -0.15) is 0 Å². The Hall–Kier alpha value is -0.520. The maximum atomic E-state index is 9.12. The maximum absolute atomic E-state index is 9.12. The molecule has 0 bridgehead atoms. The molecule has 0 rings (SSSR count). The second kappa shape index (κ2) is 5.28. The molecule has 2 unspecified atom stereocenters. The summed E-state index contributed by atoms with van der Waals surface area (Å²) < 4.78 is 0. The highest BCUT2D eigenvalue weighted by atomic mass is 16.3. The van der Waals surface area contributed by atoms with Crippen LogP contribution in [0.2, 0.25) is 0 Å². The summed E-state index contributed by atoms with van der Waals surface area (Å²) in [6.07, 6.45) is 0.0693. The van der Waals surface area contributed by atoms with Gasteiger partial charge >= 0.3 is 0 Å². The molecule has 2 heteroatoms. The molecule has 0 spiro atoms. The molecule has 0 aliphatic heterocycles. The summed E-state index contributed by atoms with van der Waals surface area (Å²) in [6, 6.07) is 0. The van der Waals surface area contributed by atoms with Gasteiger partial charge in [0.15, 0.2) is 0 Å². The van der Waals surface area contributed by atoms with E-state index in [-0.39, 0.29) is 12.5 Å². The van der Waals surface area contributed by atoms with Crippen molar-refractivity contribution in [1.82, 2.24) is 0 Å². The fourth-order valence-electron chi connectivity index (χ4n) is 0.449. The summed E-state index contributed by atoms with van der Waals surface area (Å²) in [5.74, 6) is 5.24. The number of aliphatic hydroxyl groups excluding tert-OH is 2. The molecule has 2 nitrogen and oxygen atoms in total. The molecular formula is C8H14O2. The minimum atomic E-state index is -0.676. The Morgan fingerprint density at radius 2 is 2.10 bits per heavy atom. The Kier molecular flexibility index (Phi) is 5.00. The summed E-state index contributed by atoms with van der Waals surface area (Å²) in [5.41, 5.74) is 0. The first-order chi connectivity index (χ1) is 4.72. The minimum absolute atomic E-state index is 0.0143. The van der Waals surface area contributed by atoms with Gasteiger partial charge in [-0.25, -0.2) is 0 Å². The quantitative estimate of drug-likeness (QED) is 0.547. The molecule has 0 fully saturated rings. The Morgan fingerprint density at radius 3 is 2.50 bits per heavy atom. The first kappa shape index (κ1) is 9.48. The van der Waals surface area contributed by atoms with Crippen molar-refractivity contribution < 1.29 is 10.2 Å². The van der Waals surface area contributed by atoms with Crippen LogP contribution < -0.4 is 0 Å². The molecule has 0 saturated heterocycles. The van der Waals surface area contributed by atoms with E-state index in [4.69, 9.17) is 10.2 Å². The lowest BCUT2D eigenvalue weighted by atomic mass is 10.1. The van der Waals surface area contributed by atoms with Gasteiger partial charge in [0.05, 0.1) is 0 Å². The second-order valence-electron chi connectivity index (χ2n) is 2.28. The van der Waals surface area contributed by atoms with Crippen molar-refractivity contribution in [2.24, 2.45) is 5.92 Å². The third kappa shape index (κ3) is 3.49. The number of hydrogen-bond acceptors (Lipinski definition) is 2. The van der Waals surface area contributed by atoms with Crippen molar-refractivity contribution in [3.8, 4) is 11.8 Å². The first-order valence-electron chi connectivity index (χ1n) is 3.49. The van der Waals surface area contributed by atoms with Crippen LogP contribution in [-0.4, -0.2) is 22.9 Å². The Morgan fingerprint density at radius 1 is 1.50 bits per heavy atom. The van der Waals surface area contributed by atoms with Crippen LogP contribution in [0.15, 0.2) is 0 Å². The van der Waals surface area contributed by atoms with Gasteiger partial charge in [-0.3, -0.25) is 0 Å². The van der Waals surface area contributed by atoms with Crippen LogP contribution in [0.4, 0.5) is 0 Å². The van der Waals surface area contributed by atoms with Gasteiger partial charge in [0.25, 0.3) is 0 Å². The zero-order chi connectivity index (χ0) is 7.98. The molecular weight excluding hydrogens is 128 g/mol. The highest BCUT2D eigenvalue weighted by Crippen LogP contribution is 1.99. The van der Waals surface area contributed by atoms with Crippen molar-refractivity contribution in [1.29, 1.82) is 0 Å². The predicted molar refractivity (Wildman–Crippen MR) is 40.3 cm³/mol. The fourth-order valence-corrected chi connectivity index (χ4v) is 0.449. The van der Waals surface area contributed by atoms with Gasteiger partial charge in [-0.1, -0.05) is 19.8 Å². The highest BCUT2D eigenvalue weighted by Gasteiger charge is 2.08. The van der Waals surface area contributed by atoms with E-state index in [1.54, 1.807) is 6.92 Å². The average Bonchev–Trinajstić information content (AvgIpc) is 1.98. The molecule has 0 saturated carbocycles. The number of hydrogen-bond donors (Lipinski definition) is 2. The van der Waals surface area contributed by atoms with Crippen LogP contribution in [0.3, 0.4) is 0 Å². The van der Waals surface area contributed by atoms with Gasteiger partial charge in [-0.05, 0) is 0 Å². The van der Waals surface area contributed by atoms with Crippen LogP contribution in [0.5, 0.6) is 0 Å². The molecule has 0 radical (unpaired) electrons. The second-order valence-corrected chi connectivity index (χ2v) is 2.28. The molecule has 0 aromatic rings. The molecule has 0 aromatic carbocycles. The van der Waals surface area contributed by atoms with E-state index < -0.39 is 6.10 Å². The number of rotatable bonds is 2. The van der Waals surface area contributed by atoms with Crippen LogP contribution >= 0.6 is 0 Å². The fraction of sp³-hybridized carbons (Fsp3) is 0.750. The number of aliphatic hydroxyl groups is 2. The van der Waals surface area contributed by atoms with Crippen LogP contribution in [0.1, 0.15) is 20.3 Å². The molecule has 0 aromatic heterocycles. The molecule has 2 atom stereocenters. The largest absolute Gasteiger partial charge is 0.396 e. The van der Waals surface area contributed by atoms with Crippen LogP contribution in [0, 0.1) is 17.8 Å². The zero-order valence-corrected chi connectivity index (χ0v) is 6.46. The Bertz CT molecular complexity index is 132. The first-order valence-corrected chi connectivity index (χ1v) is 3.49. The van der Waals surface area contributed by atoms with Crippen molar-refractivity contribution in [3.05, 3.63) is 0 Å². The molecule has 0 heterocycles. The molecule has 0 aliphatic rings. The highest BCUT2D eigenvalue weighted by molar-refractivity contribution is 5.05. The summed E-state index contributed by atoms with van der Waals surface area (Å²) in [6.45, 7) is 3.66. The lowest BCUT2D eigenvalue weighted by Crippen LogP contribution is -2.18. The van der Waals surface area contributed by atoms with Crippen molar-refractivity contribution >= 4 is 0 Å². The summed E-state index contributed by atoms with van der Waals surface area (Å²) in [7, 11) is 0. The standard InChI is InChI=1S/C8H14O2/c1-3-4-5-8(10)7(2)6-9/h7-10H,3,6H2,1-2H3. The van der Waals surface area contributed by atoms with Crippen molar-refractivity contribution in [3.63, 3.8) is 0 Å². The minimum Gasteiger partial charge on any atom is -0.396 e. The topological polar surface area (TPSA) is 40.5 Å². The molecule has 0 amide bonds. The lowest BCUT2D eigenvalue weighted by Gasteiger charge is -2.08. The Balaban J connectivity index is 3.71. The van der Waals surface area contributed by atoms with E-state index in [9.17, 15) is 0 Å². The van der Waals surface area contributed by atoms with Gasteiger partial charge in [0, 0.05) is 18.9 Å². The monoisotopic (exact) mass is 142 g/mol. The lowest BCUT2D eigenvalue weighted by molar-refractivity contribution is 0.118. The molecule has 10 heavy (non-hydrogen) atoms. The van der Waals surface area contributed by atoms with E-state index in [0.717, 1.165) is 6.42 Å². The van der Waals surface area contributed by atoms with Gasteiger partial charge in [0.2, 0.25) is 0 Å². The van der Waals surface area contributed by atoms with Gasteiger partial charge in [0.1, 0.15) is 6.10 Å². The zero-order valence-electron chi connectivity index (χ0n) is 6.46. The smallest absolute Gasteiger partial charge is 0.119 e. The van der Waals surface area contributed by atoms with E-state index in [0.29, 0.717) is 0 Å². The predicted octanol–water partition coefficient (Wildman–Crippen LogP) is 0.389. The molecule has 58 valence electrons. The van der Waals surface area contributed by atoms with Gasteiger partial charge < -0.3 is 10.2 Å². The third-order valence-corrected chi connectivity index (χ3v) is 1.25. The molecule has 2 N–H and O–H groups in total. The Labute approximate surface area is 61.9 Å². The van der Waals surface area contributed by atoms with E-state index in [1.165, 1.54) is 0 Å². The summed E-state index contributed by atoms with van der Waals surface area (Å²) in [5, 5.41) is 17.7. The van der Waals surface area contributed by atoms with E-state index in [2.05, 4.69) is 11.8 Å². The van der Waals surface area contributed by atoms with E-state index in [1.807, 2.05) is 6.92 Å². The van der Waals surface area contributed by atoms with E-state index >= 15 is 0 Å². The average molecular weight is 142 g/mol. The maximum Gasteiger partial charge on any atom is 0.119 e. The summed E-state index contributed by atoms with van der Waals surface area (Å²) in [4.78, 5) is 0.